The highest BCUT2D eigenvalue weighted by molar-refractivity contribution is 5.37. The lowest BCUT2D eigenvalue weighted by molar-refractivity contribution is -0.0900. The van der Waals surface area contributed by atoms with Gasteiger partial charge in [0.2, 0.25) is 0 Å². The van der Waals surface area contributed by atoms with E-state index >= 15 is 0 Å². The van der Waals surface area contributed by atoms with Crippen LogP contribution in [0.4, 0.5) is 0 Å². The highest BCUT2D eigenvalue weighted by Gasteiger charge is 2.46. The van der Waals surface area contributed by atoms with Crippen LogP contribution < -0.4 is 0 Å². The maximum Gasteiger partial charge on any atom is 0.111 e. The number of pyridine rings is 1. The van der Waals surface area contributed by atoms with Crippen molar-refractivity contribution in [3.05, 3.63) is 29.6 Å². The molecule has 0 amide bonds. The molecular formula is C15H19N3O. The van der Waals surface area contributed by atoms with E-state index in [0.29, 0.717) is 36.2 Å². The zero-order valence-electron chi connectivity index (χ0n) is 11.2. The molecule has 0 spiro atoms. The van der Waals surface area contributed by atoms with Crippen molar-refractivity contribution in [1.82, 2.24) is 9.88 Å². The van der Waals surface area contributed by atoms with Gasteiger partial charge in [0.25, 0.3) is 0 Å². The van der Waals surface area contributed by atoms with Gasteiger partial charge in [-0.1, -0.05) is 6.42 Å². The van der Waals surface area contributed by atoms with Gasteiger partial charge in [0.05, 0.1) is 11.3 Å². The molecule has 3 heterocycles. The van der Waals surface area contributed by atoms with Crippen molar-refractivity contribution in [1.29, 1.82) is 5.26 Å². The molecule has 1 aromatic rings. The number of fused-ring (bicyclic) bond motifs is 2. The molecule has 19 heavy (non-hydrogen) atoms. The maximum atomic E-state index is 11.0. The fourth-order valence-corrected chi connectivity index (χ4v) is 3.71. The molecule has 1 aromatic heterocycles. The van der Waals surface area contributed by atoms with E-state index in [1.54, 1.807) is 18.3 Å². The average molecular weight is 257 g/mol. The Bertz CT molecular complexity index is 508. The van der Waals surface area contributed by atoms with Crippen LogP contribution in [0.15, 0.2) is 18.3 Å². The van der Waals surface area contributed by atoms with E-state index < -0.39 is 5.60 Å². The summed E-state index contributed by atoms with van der Waals surface area (Å²) in [5.74, 6) is 0. The Hall–Kier alpha value is -1.44. The van der Waals surface area contributed by atoms with Gasteiger partial charge in [0.15, 0.2) is 0 Å². The molecule has 0 aromatic carbocycles. The smallest absolute Gasteiger partial charge is 0.111 e. The first kappa shape index (κ1) is 12.6. The van der Waals surface area contributed by atoms with E-state index in [-0.39, 0.29) is 0 Å². The van der Waals surface area contributed by atoms with Crippen molar-refractivity contribution in [2.24, 2.45) is 0 Å². The van der Waals surface area contributed by atoms with Crippen molar-refractivity contribution >= 4 is 0 Å². The number of aromatic nitrogens is 1. The van der Waals surface area contributed by atoms with Gasteiger partial charge in [-0.05, 0) is 44.9 Å². The van der Waals surface area contributed by atoms with Crippen LogP contribution in [0.3, 0.4) is 0 Å². The molecule has 2 fully saturated rings. The lowest BCUT2D eigenvalue weighted by Gasteiger charge is -2.50. The van der Waals surface area contributed by atoms with Crippen molar-refractivity contribution in [2.45, 2.75) is 49.8 Å². The van der Waals surface area contributed by atoms with Crippen LogP contribution in [0.5, 0.6) is 0 Å². The summed E-state index contributed by atoms with van der Waals surface area (Å²) in [6, 6.07) is 6.47. The van der Waals surface area contributed by atoms with Gasteiger partial charge in [0, 0.05) is 18.3 Å². The molecular weight excluding hydrogens is 238 g/mol. The molecule has 2 aliphatic rings. The minimum atomic E-state index is -0.936. The van der Waals surface area contributed by atoms with Gasteiger partial charge < -0.3 is 10.0 Å². The van der Waals surface area contributed by atoms with E-state index in [1.807, 2.05) is 0 Å². The van der Waals surface area contributed by atoms with Crippen LogP contribution in [-0.4, -0.2) is 34.1 Å². The summed E-state index contributed by atoms with van der Waals surface area (Å²) in [5.41, 5.74) is 0.143. The summed E-state index contributed by atoms with van der Waals surface area (Å²) in [6.07, 6.45) is 6.54. The molecule has 0 radical (unpaired) electrons. The van der Waals surface area contributed by atoms with Crippen molar-refractivity contribution in [3.63, 3.8) is 0 Å². The number of piperidine rings is 2. The molecule has 2 atom stereocenters. The Morgan fingerprint density at radius 2 is 2.11 bits per heavy atom. The predicted molar refractivity (Wildman–Crippen MR) is 71.3 cm³/mol. The Labute approximate surface area is 113 Å². The summed E-state index contributed by atoms with van der Waals surface area (Å²) in [7, 11) is 2.15. The number of hydrogen-bond donors (Lipinski definition) is 1. The second-order valence-electron chi connectivity index (χ2n) is 5.86. The largest absolute Gasteiger partial charge is 0.383 e. The third-order valence-electron chi connectivity index (χ3n) is 4.74. The number of hydrogen-bond acceptors (Lipinski definition) is 4. The highest BCUT2D eigenvalue weighted by atomic mass is 16.3. The molecule has 2 aliphatic heterocycles. The topological polar surface area (TPSA) is 60.1 Å². The summed E-state index contributed by atoms with van der Waals surface area (Å²) >= 11 is 0. The Balaban J connectivity index is 1.98. The van der Waals surface area contributed by atoms with Gasteiger partial charge in [-0.15, -0.1) is 0 Å². The van der Waals surface area contributed by atoms with Crippen LogP contribution in [0.25, 0.3) is 0 Å². The number of rotatable bonds is 1. The second-order valence-corrected chi connectivity index (χ2v) is 5.86. The first-order valence-electron chi connectivity index (χ1n) is 6.94. The molecule has 4 nitrogen and oxygen atoms in total. The van der Waals surface area contributed by atoms with E-state index in [1.165, 1.54) is 6.42 Å². The molecule has 2 saturated heterocycles. The number of nitriles is 1. The maximum absolute atomic E-state index is 11.0. The predicted octanol–water partition coefficient (Wildman–Crippen LogP) is 1.79. The van der Waals surface area contributed by atoms with Crippen LogP contribution in [0, 0.1) is 11.3 Å². The first-order valence-corrected chi connectivity index (χ1v) is 6.94. The van der Waals surface area contributed by atoms with Gasteiger partial charge >= 0.3 is 0 Å². The van der Waals surface area contributed by atoms with Gasteiger partial charge in [-0.25, -0.2) is 0 Å². The monoisotopic (exact) mass is 257 g/mol. The third kappa shape index (κ3) is 2.03. The minimum absolute atomic E-state index is 0.408. The van der Waals surface area contributed by atoms with Crippen LogP contribution >= 0.6 is 0 Å². The van der Waals surface area contributed by atoms with E-state index in [4.69, 9.17) is 0 Å². The van der Waals surface area contributed by atoms with Gasteiger partial charge in [0.1, 0.15) is 11.7 Å². The number of aliphatic hydroxyl groups is 1. The summed E-state index contributed by atoms with van der Waals surface area (Å²) < 4.78 is 0. The quantitative estimate of drug-likeness (QED) is 0.833. The molecule has 0 aliphatic carbocycles. The summed E-state index contributed by atoms with van der Waals surface area (Å²) in [6.45, 7) is 0. The van der Waals surface area contributed by atoms with Gasteiger partial charge in [-0.3, -0.25) is 4.98 Å². The zero-order valence-corrected chi connectivity index (χ0v) is 11.2. The van der Waals surface area contributed by atoms with E-state index in [2.05, 4.69) is 23.0 Å². The molecule has 100 valence electrons. The van der Waals surface area contributed by atoms with Crippen molar-refractivity contribution in [2.75, 3.05) is 7.05 Å². The molecule has 2 bridgehead atoms. The van der Waals surface area contributed by atoms with Crippen molar-refractivity contribution < 1.29 is 5.11 Å². The Morgan fingerprint density at radius 3 is 2.74 bits per heavy atom. The van der Waals surface area contributed by atoms with Crippen molar-refractivity contribution in [3.8, 4) is 6.07 Å². The fraction of sp³-hybridized carbons (Fsp3) is 0.600. The average Bonchev–Trinajstić information content (AvgIpc) is 2.41. The van der Waals surface area contributed by atoms with E-state index in [0.717, 1.165) is 12.8 Å². The molecule has 3 rings (SSSR count). The van der Waals surface area contributed by atoms with Crippen LogP contribution in [0.1, 0.15) is 43.4 Å². The zero-order chi connectivity index (χ0) is 13.5. The lowest BCUT2D eigenvalue weighted by atomic mass is 9.73. The van der Waals surface area contributed by atoms with Crippen LogP contribution in [0.2, 0.25) is 0 Å². The molecule has 0 saturated carbocycles. The molecule has 4 heteroatoms. The molecule has 1 N–H and O–H groups in total. The summed E-state index contributed by atoms with van der Waals surface area (Å²) in [4.78, 5) is 6.70. The molecule has 2 unspecified atom stereocenters. The SMILES string of the molecule is CN1C2CCCC1CC(O)(c1ncccc1C#N)C2. The Kier molecular flexibility index (Phi) is 3.04. The first-order chi connectivity index (χ1) is 9.14. The number of nitrogens with zero attached hydrogens (tertiary/aromatic N) is 3. The van der Waals surface area contributed by atoms with Crippen LogP contribution in [-0.2, 0) is 5.60 Å². The summed E-state index contributed by atoms with van der Waals surface area (Å²) in [5, 5.41) is 20.2. The standard InChI is InChI=1S/C15H19N3O/c1-18-12-5-2-6-13(18)9-15(19,8-12)14-11(10-16)4-3-7-17-14/h3-4,7,12-13,19H,2,5-6,8-9H2,1H3. The Morgan fingerprint density at radius 1 is 1.42 bits per heavy atom. The lowest BCUT2D eigenvalue weighted by Crippen LogP contribution is -2.55. The van der Waals surface area contributed by atoms with Gasteiger partial charge in [-0.2, -0.15) is 5.26 Å². The third-order valence-corrected chi connectivity index (χ3v) is 4.74. The highest BCUT2D eigenvalue weighted by Crippen LogP contribution is 2.43. The fourth-order valence-electron chi connectivity index (χ4n) is 3.71. The second kappa shape index (κ2) is 4.59. The normalized spacial score (nSPS) is 34.8. The minimum Gasteiger partial charge on any atom is -0.383 e. The van der Waals surface area contributed by atoms with E-state index in [9.17, 15) is 10.4 Å².